The van der Waals surface area contributed by atoms with Crippen molar-refractivity contribution in [2.45, 2.75) is 12.5 Å². The molecule has 86 valence electrons. The highest BCUT2D eigenvalue weighted by atomic mass is 16.5. The molecule has 0 aromatic heterocycles. The van der Waals surface area contributed by atoms with E-state index in [0.717, 1.165) is 44.1 Å². The molecule has 0 amide bonds. The number of benzene rings is 1. The second-order valence-corrected chi connectivity index (χ2v) is 4.42. The van der Waals surface area contributed by atoms with Crippen molar-refractivity contribution in [3.05, 3.63) is 18.2 Å². The molecule has 1 saturated heterocycles. The average molecular weight is 219 g/mol. The molecule has 4 heteroatoms. The minimum atomic E-state index is 0.554. The van der Waals surface area contributed by atoms with E-state index < -0.39 is 0 Å². The topological polar surface area (TPSA) is 50.5 Å². The standard InChI is InChI=1S/C12H17N3O/c13-9-1-2-11-12(7-9)16-6-3-10-8-14-4-5-15(10)11/h1-2,7,10,14H,3-6,8,13H2/t10-/m0/s1. The van der Waals surface area contributed by atoms with Gasteiger partial charge in [-0.3, -0.25) is 0 Å². The minimum absolute atomic E-state index is 0.554. The molecule has 16 heavy (non-hydrogen) atoms. The number of nitrogens with zero attached hydrogens (tertiary/aromatic N) is 1. The van der Waals surface area contributed by atoms with Crippen LogP contribution in [0.1, 0.15) is 6.42 Å². The smallest absolute Gasteiger partial charge is 0.144 e. The number of ether oxygens (including phenoxy) is 1. The van der Waals surface area contributed by atoms with Gasteiger partial charge in [0.2, 0.25) is 0 Å². The van der Waals surface area contributed by atoms with E-state index in [0.29, 0.717) is 6.04 Å². The van der Waals surface area contributed by atoms with Crippen molar-refractivity contribution in [2.24, 2.45) is 0 Å². The quantitative estimate of drug-likeness (QED) is 0.635. The van der Waals surface area contributed by atoms with Crippen LogP contribution in [-0.4, -0.2) is 32.3 Å². The Bertz CT molecular complexity index is 394. The summed E-state index contributed by atoms with van der Waals surface area (Å²) in [4.78, 5) is 2.44. The summed E-state index contributed by atoms with van der Waals surface area (Å²) in [5, 5.41) is 3.43. The van der Waals surface area contributed by atoms with Gasteiger partial charge in [-0.25, -0.2) is 0 Å². The van der Waals surface area contributed by atoms with Crippen molar-refractivity contribution in [1.29, 1.82) is 0 Å². The lowest BCUT2D eigenvalue weighted by atomic mass is 10.1. The molecule has 1 atom stereocenters. The highest BCUT2D eigenvalue weighted by Gasteiger charge is 2.27. The Hall–Kier alpha value is -1.42. The van der Waals surface area contributed by atoms with Gasteiger partial charge in [-0.2, -0.15) is 0 Å². The van der Waals surface area contributed by atoms with E-state index in [2.05, 4.69) is 16.3 Å². The average Bonchev–Trinajstić information content (AvgIpc) is 2.47. The highest BCUT2D eigenvalue weighted by molar-refractivity contribution is 5.65. The van der Waals surface area contributed by atoms with Crippen molar-refractivity contribution in [2.75, 3.05) is 36.9 Å². The van der Waals surface area contributed by atoms with Crippen molar-refractivity contribution in [1.82, 2.24) is 5.32 Å². The second kappa shape index (κ2) is 3.87. The van der Waals surface area contributed by atoms with Gasteiger partial charge in [0.15, 0.2) is 0 Å². The summed E-state index contributed by atoms with van der Waals surface area (Å²) in [6, 6.07) is 6.51. The largest absolute Gasteiger partial charge is 0.491 e. The fourth-order valence-corrected chi connectivity index (χ4v) is 2.52. The van der Waals surface area contributed by atoms with Gasteiger partial charge in [0.05, 0.1) is 12.3 Å². The first-order chi connectivity index (χ1) is 7.84. The Labute approximate surface area is 95.4 Å². The summed E-state index contributed by atoms with van der Waals surface area (Å²) in [5.74, 6) is 0.935. The van der Waals surface area contributed by atoms with E-state index in [9.17, 15) is 0 Å². The lowest BCUT2D eigenvalue weighted by molar-refractivity contribution is 0.304. The molecule has 2 aliphatic heterocycles. The van der Waals surface area contributed by atoms with Crippen LogP contribution in [0.2, 0.25) is 0 Å². The predicted octanol–water partition coefficient (Wildman–Crippen LogP) is 0.829. The molecule has 1 aromatic rings. The first-order valence-electron chi connectivity index (χ1n) is 5.84. The van der Waals surface area contributed by atoms with Crippen LogP contribution in [0, 0.1) is 0 Å². The number of nitrogen functional groups attached to an aromatic ring is 1. The highest BCUT2D eigenvalue weighted by Crippen LogP contribution is 2.35. The summed E-state index contributed by atoms with van der Waals surface area (Å²) in [7, 11) is 0. The number of anilines is 2. The molecule has 1 aromatic carbocycles. The van der Waals surface area contributed by atoms with Gasteiger partial charge >= 0.3 is 0 Å². The molecule has 3 N–H and O–H groups in total. The van der Waals surface area contributed by atoms with E-state index >= 15 is 0 Å². The number of nitrogens with two attached hydrogens (primary N) is 1. The third-order valence-electron chi connectivity index (χ3n) is 3.35. The Morgan fingerprint density at radius 2 is 2.38 bits per heavy atom. The van der Waals surface area contributed by atoms with Crippen LogP contribution in [0.15, 0.2) is 18.2 Å². The second-order valence-electron chi connectivity index (χ2n) is 4.42. The maximum Gasteiger partial charge on any atom is 0.144 e. The normalized spacial score (nSPS) is 24.0. The van der Waals surface area contributed by atoms with Gasteiger partial charge in [0.1, 0.15) is 5.75 Å². The molecule has 0 aliphatic carbocycles. The van der Waals surface area contributed by atoms with E-state index in [1.54, 1.807) is 0 Å². The van der Waals surface area contributed by atoms with Crippen molar-refractivity contribution >= 4 is 11.4 Å². The van der Waals surface area contributed by atoms with Gasteiger partial charge in [0, 0.05) is 43.9 Å². The molecule has 2 aliphatic rings. The fourth-order valence-electron chi connectivity index (χ4n) is 2.52. The first-order valence-corrected chi connectivity index (χ1v) is 5.84. The Kier molecular flexibility index (Phi) is 2.36. The van der Waals surface area contributed by atoms with Crippen LogP contribution in [0.3, 0.4) is 0 Å². The number of hydrogen-bond acceptors (Lipinski definition) is 4. The van der Waals surface area contributed by atoms with Crippen LogP contribution >= 0.6 is 0 Å². The van der Waals surface area contributed by atoms with Crippen LogP contribution in [0.5, 0.6) is 5.75 Å². The zero-order chi connectivity index (χ0) is 11.0. The number of rotatable bonds is 0. The summed E-state index contributed by atoms with van der Waals surface area (Å²) < 4.78 is 5.77. The molecule has 0 spiro atoms. The van der Waals surface area contributed by atoms with Crippen LogP contribution in [-0.2, 0) is 0 Å². The zero-order valence-electron chi connectivity index (χ0n) is 9.28. The summed E-state index contributed by atoms with van der Waals surface area (Å²) >= 11 is 0. The van der Waals surface area contributed by atoms with E-state index in [4.69, 9.17) is 10.5 Å². The third kappa shape index (κ3) is 1.59. The van der Waals surface area contributed by atoms with Gasteiger partial charge in [-0.15, -0.1) is 0 Å². The molecule has 3 rings (SSSR count). The fraction of sp³-hybridized carbons (Fsp3) is 0.500. The van der Waals surface area contributed by atoms with Gasteiger partial charge in [0.25, 0.3) is 0 Å². The summed E-state index contributed by atoms with van der Waals surface area (Å²) in [6.45, 7) is 3.91. The number of piperazine rings is 1. The number of nitrogens with one attached hydrogen (secondary N) is 1. The number of hydrogen-bond donors (Lipinski definition) is 2. The molecule has 4 nitrogen and oxygen atoms in total. The minimum Gasteiger partial charge on any atom is -0.491 e. The van der Waals surface area contributed by atoms with Crippen LogP contribution in [0.4, 0.5) is 11.4 Å². The van der Waals surface area contributed by atoms with Gasteiger partial charge in [-0.1, -0.05) is 0 Å². The van der Waals surface area contributed by atoms with Gasteiger partial charge in [-0.05, 0) is 12.1 Å². The molecule has 0 unspecified atom stereocenters. The zero-order valence-corrected chi connectivity index (χ0v) is 9.28. The lowest BCUT2D eigenvalue weighted by Gasteiger charge is -2.36. The maximum absolute atomic E-state index is 5.79. The third-order valence-corrected chi connectivity index (χ3v) is 3.35. The maximum atomic E-state index is 5.79. The SMILES string of the molecule is Nc1ccc2c(c1)OCC[C@H]1CNCCN21. The molecule has 0 radical (unpaired) electrons. The monoisotopic (exact) mass is 219 g/mol. The Balaban J connectivity index is 2.00. The van der Waals surface area contributed by atoms with Crippen LogP contribution < -0.4 is 20.7 Å². The van der Waals surface area contributed by atoms with Crippen molar-refractivity contribution in [3.63, 3.8) is 0 Å². The van der Waals surface area contributed by atoms with E-state index in [1.165, 1.54) is 5.69 Å². The van der Waals surface area contributed by atoms with Crippen molar-refractivity contribution in [3.8, 4) is 5.75 Å². The van der Waals surface area contributed by atoms with Crippen molar-refractivity contribution < 1.29 is 4.74 Å². The van der Waals surface area contributed by atoms with Crippen LogP contribution in [0.25, 0.3) is 0 Å². The molecule has 1 fully saturated rings. The molecular weight excluding hydrogens is 202 g/mol. The predicted molar refractivity (Wildman–Crippen MR) is 65.0 cm³/mol. The molecule has 0 bridgehead atoms. The van der Waals surface area contributed by atoms with Gasteiger partial charge < -0.3 is 20.7 Å². The summed E-state index contributed by atoms with van der Waals surface area (Å²) in [6.07, 6.45) is 1.07. The molecule has 0 saturated carbocycles. The Morgan fingerprint density at radius 3 is 3.31 bits per heavy atom. The first kappa shape index (κ1) is 9.78. The molecular formula is C12H17N3O. The summed E-state index contributed by atoms with van der Waals surface area (Å²) in [5.41, 5.74) is 7.75. The Morgan fingerprint density at radius 1 is 1.44 bits per heavy atom. The number of fused-ring (bicyclic) bond motifs is 3. The van der Waals surface area contributed by atoms with E-state index in [1.807, 2.05) is 12.1 Å². The molecule has 2 heterocycles. The van der Waals surface area contributed by atoms with E-state index in [-0.39, 0.29) is 0 Å². The lowest BCUT2D eigenvalue weighted by Crippen LogP contribution is -2.51.